The molecule has 5 N–H and O–H groups in total. The molecule has 3 rings (SSSR count). The van der Waals surface area contributed by atoms with Crippen LogP contribution >= 0.6 is 0 Å². The lowest BCUT2D eigenvalue weighted by Crippen LogP contribution is -2.24. The monoisotopic (exact) mass is 481 g/mol. The average molecular weight is 481 g/mol. The number of H-pyrrole nitrogens is 1. The highest BCUT2D eigenvalue weighted by atomic mass is 19.4. The van der Waals surface area contributed by atoms with Gasteiger partial charge in [-0.3, -0.25) is 20.9 Å². The van der Waals surface area contributed by atoms with Gasteiger partial charge in [-0.15, -0.1) is 0 Å². The van der Waals surface area contributed by atoms with Crippen LogP contribution in [-0.4, -0.2) is 29.0 Å². The summed E-state index contributed by atoms with van der Waals surface area (Å²) in [4.78, 5) is 30.2. The molecule has 0 atom stereocenters. The van der Waals surface area contributed by atoms with E-state index in [2.05, 4.69) is 20.7 Å². The summed E-state index contributed by atoms with van der Waals surface area (Å²) >= 11 is 0. The number of carbonyl (C=O) groups excluding carboxylic acids is 1. The number of alkyl halides is 3. The van der Waals surface area contributed by atoms with Crippen molar-refractivity contribution < 1.29 is 31.8 Å². The average Bonchev–Trinajstić information content (AvgIpc) is 2.78. The molecule has 0 aliphatic heterocycles. The maximum absolute atomic E-state index is 13.7. The van der Waals surface area contributed by atoms with Crippen LogP contribution in [0.3, 0.4) is 0 Å². The molecule has 0 fully saturated rings. The number of amides is 1. The number of hydrogen-bond acceptors (Lipinski definition) is 7. The fraction of sp³-hybridized carbons (Fsp3) is 0.190. The quantitative estimate of drug-likeness (QED) is 0.160. The van der Waals surface area contributed by atoms with Crippen LogP contribution < -0.4 is 31.6 Å². The number of benzene rings is 1. The van der Waals surface area contributed by atoms with Gasteiger partial charge in [0, 0.05) is 36.8 Å². The Kier molecular flexibility index (Phi) is 7.81. The van der Waals surface area contributed by atoms with Crippen LogP contribution in [-0.2, 0) is 6.18 Å². The van der Waals surface area contributed by atoms with Crippen molar-refractivity contribution in [2.75, 3.05) is 18.5 Å². The van der Waals surface area contributed by atoms with Crippen molar-refractivity contribution in [3.05, 3.63) is 76.1 Å². The highest BCUT2D eigenvalue weighted by Gasteiger charge is 2.33. The van der Waals surface area contributed by atoms with Gasteiger partial charge in [-0.05, 0) is 30.7 Å². The number of hydrogen-bond donors (Lipinski definition) is 4. The van der Waals surface area contributed by atoms with Gasteiger partial charge in [0.05, 0.1) is 12.2 Å². The number of nitrogens with one attached hydrogen (secondary N) is 3. The maximum atomic E-state index is 13.7. The van der Waals surface area contributed by atoms with Crippen LogP contribution in [0.2, 0.25) is 0 Å². The van der Waals surface area contributed by atoms with Crippen molar-refractivity contribution in [1.82, 2.24) is 15.4 Å². The third-order valence-electron chi connectivity index (χ3n) is 4.29. The predicted octanol–water partition coefficient (Wildman–Crippen LogP) is 3.20. The number of carbonyl (C=O) groups is 1. The van der Waals surface area contributed by atoms with E-state index in [1.807, 2.05) is 0 Å². The second-order valence-corrected chi connectivity index (χ2v) is 6.82. The minimum Gasteiger partial charge on any atom is -0.490 e. The number of hydrazine groups is 1. The summed E-state index contributed by atoms with van der Waals surface area (Å²) in [5.74, 6) is 2.89. The molecule has 34 heavy (non-hydrogen) atoms. The Morgan fingerprint density at radius 3 is 2.65 bits per heavy atom. The Balaban J connectivity index is 1.95. The Hall–Kier alpha value is -3.97. The molecule has 2 heterocycles. The summed E-state index contributed by atoms with van der Waals surface area (Å²) in [6, 6.07) is 6.19. The number of rotatable bonds is 9. The lowest BCUT2D eigenvalue weighted by molar-refractivity contribution is -0.137. The predicted molar refractivity (Wildman–Crippen MR) is 113 cm³/mol. The van der Waals surface area contributed by atoms with Crippen molar-refractivity contribution in [2.24, 2.45) is 5.84 Å². The van der Waals surface area contributed by atoms with E-state index in [9.17, 15) is 27.2 Å². The molecule has 0 bridgehead atoms. The van der Waals surface area contributed by atoms with E-state index in [1.54, 1.807) is 0 Å². The number of pyridine rings is 2. The third kappa shape index (κ3) is 6.52. The van der Waals surface area contributed by atoms with Crippen LogP contribution in [0.1, 0.15) is 22.3 Å². The molecular weight excluding hydrogens is 462 g/mol. The maximum Gasteiger partial charge on any atom is 0.417 e. The van der Waals surface area contributed by atoms with Crippen molar-refractivity contribution in [3.63, 3.8) is 0 Å². The first-order valence-electron chi connectivity index (χ1n) is 9.78. The fourth-order valence-electron chi connectivity index (χ4n) is 2.71. The third-order valence-corrected chi connectivity index (χ3v) is 4.29. The summed E-state index contributed by atoms with van der Waals surface area (Å²) in [5.41, 5.74) is 0.167. The highest BCUT2D eigenvalue weighted by Crippen LogP contribution is 2.36. The summed E-state index contributed by atoms with van der Waals surface area (Å²) in [6.07, 6.45) is -2.57. The van der Waals surface area contributed by atoms with Crippen LogP contribution in [0.15, 0.2) is 53.6 Å². The number of aromatic nitrogens is 2. The van der Waals surface area contributed by atoms with Gasteiger partial charge < -0.3 is 19.8 Å². The molecule has 3 aromatic rings. The minimum absolute atomic E-state index is 0.0384. The van der Waals surface area contributed by atoms with Gasteiger partial charge in [-0.2, -0.15) is 13.2 Å². The zero-order valence-electron chi connectivity index (χ0n) is 17.4. The molecule has 13 heteroatoms. The van der Waals surface area contributed by atoms with Crippen molar-refractivity contribution in [2.45, 2.75) is 12.6 Å². The van der Waals surface area contributed by atoms with Gasteiger partial charge in [0.25, 0.3) is 5.91 Å². The number of anilines is 1. The summed E-state index contributed by atoms with van der Waals surface area (Å²) < 4.78 is 64.5. The summed E-state index contributed by atoms with van der Waals surface area (Å²) in [5, 5.41) is 2.32. The van der Waals surface area contributed by atoms with Crippen LogP contribution in [0.4, 0.5) is 23.2 Å². The van der Waals surface area contributed by atoms with Gasteiger partial charge >= 0.3 is 6.18 Å². The van der Waals surface area contributed by atoms with E-state index in [-0.39, 0.29) is 23.8 Å². The highest BCUT2D eigenvalue weighted by molar-refractivity contribution is 6.06. The molecule has 0 saturated heterocycles. The van der Waals surface area contributed by atoms with Crippen LogP contribution in [0.25, 0.3) is 0 Å². The molecule has 0 aliphatic rings. The molecule has 9 nitrogen and oxygen atoms in total. The zero-order chi connectivity index (χ0) is 24.7. The van der Waals surface area contributed by atoms with E-state index in [1.165, 1.54) is 18.3 Å². The Morgan fingerprint density at radius 1 is 1.15 bits per heavy atom. The van der Waals surface area contributed by atoms with Gasteiger partial charge in [0.1, 0.15) is 11.4 Å². The zero-order valence-corrected chi connectivity index (χ0v) is 17.4. The van der Waals surface area contributed by atoms with E-state index < -0.39 is 40.5 Å². The second kappa shape index (κ2) is 10.8. The van der Waals surface area contributed by atoms with Gasteiger partial charge in [0.2, 0.25) is 11.4 Å². The molecular formula is C21H19F4N5O4. The number of ether oxygens (including phenoxy) is 2. The molecule has 0 unspecified atom stereocenters. The smallest absolute Gasteiger partial charge is 0.417 e. The van der Waals surface area contributed by atoms with Crippen molar-refractivity contribution >= 4 is 11.6 Å². The first-order valence-corrected chi connectivity index (χ1v) is 9.78. The van der Waals surface area contributed by atoms with E-state index in [4.69, 9.17) is 15.3 Å². The minimum atomic E-state index is -4.79. The topological polar surface area (TPSA) is 131 Å². The molecule has 1 aromatic carbocycles. The second-order valence-electron chi connectivity index (χ2n) is 6.82. The number of nitrogens with two attached hydrogens (primary N) is 1. The fourth-order valence-corrected chi connectivity index (χ4v) is 2.71. The Labute approximate surface area is 189 Å². The lowest BCUT2D eigenvalue weighted by atomic mass is 10.1. The van der Waals surface area contributed by atoms with Gasteiger partial charge in [-0.1, -0.05) is 0 Å². The summed E-state index contributed by atoms with van der Waals surface area (Å²) in [7, 11) is 0. The van der Waals surface area contributed by atoms with E-state index in [0.29, 0.717) is 25.2 Å². The molecule has 0 radical (unpaired) electrons. The van der Waals surface area contributed by atoms with E-state index in [0.717, 1.165) is 18.2 Å². The van der Waals surface area contributed by atoms with Crippen LogP contribution in [0, 0.1) is 5.82 Å². The van der Waals surface area contributed by atoms with Crippen LogP contribution in [0.5, 0.6) is 17.4 Å². The molecule has 1 amide bonds. The standard InChI is InChI=1S/C21H19F4N5O4/c22-13-2-3-16(17(9-13)33-7-1-5-29-26)34-20-15(8-12(11-28-20)21(23,24)25)19(32)30-14-4-6-27-18(31)10-14/h2-4,6,8-11,29H,1,5,7,26H2,(H2,27,30,31,32). The number of nitrogens with zero attached hydrogens (tertiary/aromatic N) is 1. The molecule has 0 aliphatic carbocycles. The Bertz CT molecular complexity index is 1220. The number of aromatic amines is 1. The first-order chi connectivity index (χ1) is 16.2. The first kappa shape index (κ1) is 24.7. The SMILES string of the molecule is NNCCCOc1cc(F)ccc1Oc1ncc(C(F)(F)F)cc1C(=O)Nc1cc[nH]c(=O)c1. The van der Waals surface area contributed by atoms with Crippen molar-refractivity contribution in [1.29, 1.82) is 0 Å². The van der Waals surface area contributed by atoms with Crippen molar-refractivity contribution in [3.8, 4) is 17.4 Å². The summed E-state index contributed by atoms with van der Waals surface area (Å²) in [6.45, 7) is 0.541. The molecule has 2 aromatic heterocycles. The lowest BCUT2D eigenvalue weighted by Gasteiger charge is -2.16. The molecule has 180 valence electrons. The molecule has 0 spiro atoms. The normalized spacial score (nSPS) is 11.2. The Morgan fingerprint density at radius 2 is 1.94 bits per heavy atom. The largest absolute Gasteiger partial charge is 0.490 e. The molecule has 0 saturated carbocycles. The van der Waals surface area contributed by atoms with E-state index >= 15 is 0 Å². The number of halogens is 4. The van der Waals surface area contributed by atoms with Gasteiger partial charge in [-0.25, -0.2) is 9.37 Å². The van der Waals surface area contributed by atoms with Gasteiger partial charge in [0.15, 0.2) is 11.5 Å².